The predicted molar refractivity (Wildman–Crippen MR) is 63.7 cm³/mol. The van der Waals surface area contributed by atoms with Crippen molar-refractivity contribution in [3.63, 3.8) is 0 Å². The molecule has 3 rings (SSSR count). The number of fused-ring (bicyclic) bond motifs is 3. The third kappa shape index (κ3) is 1.50. The lowest BCUT2D eigenvalue weighted by molar-refractivity contribution is 0.243. The van der Waals surface area contributed by atoms with Crippen LogP contribution in [0, 0.1) is 5.82 Å². The number of likely N-dealkylation sites (tertiary alicyclic amines) is 1. The van der Waals surface area contributed by atoms with E-state index in [1.807, 2.05) is 0 Å². The molecule has 1 saturated heterocycles. The number of piperidine rings is 1. The van der Waals surface area contributed by atoms with Gasteiger partial charge in [0, 0.05) is 18.5 Å². The van der Waals surface area contributed by atoms with E-state index < -0.39 is 0 Å². The van der Waals surface area contributed by atoms with E-state index in [1.165, 1.54) is 6.07 Å². The first-order chi connectivity index (χ1) is 7.65. The van der Waals surface area contributed by atoms with Crippen LogP contribution in [0.1, 0.15) is 17.9 Å². The van der Waals surface area contributed by atoms with Gasteiger partial charge in [-0.2, -0.15) is 0 Å². The Morgan fingerprint density at radius 2 is 2.31 bits per heavy atom. The minimum Gasteiger partial charge on any atom is -0.380 e. The van der Waals surface area contributed by atoms with Crippen LogP contribution in [0.4, 0.5) is 10.1 Å². The van der Waals surface area contributed by atoms with E-state index in [0.29, 0.717) is 17.0 Å². The fraction of sp³-hybridized carbons (Fsp3) is 0.500. The molecule has 0 saturated carbocycles. The summed E-state index contributed by atoms with van der Waals surface area (Å²) in [7, 11) is 2.11. The Labute approximate surface area is 99.4 Å². The van der Waals surface area contributed by atoms with Crippen LogP contribution in [0.15, 0.2) is 12.1 Å². The number of anilines is 1. The average molecular weight is 241 g/mol. The largest absolute Gasteiger partial charge is 0.380 e. The summed E-state index contributed by atoms with van der Waals surface area (Å²) in [5.74, 6) is 0.140. The van der Waals surface area contributed by atoms with Gasteiger partial charge in [-0.15, -0.1) is 0 Å². The van der Waals surface area contributed by atoms with Crippen molar-refractivity contribution >= 4 is 17.3 Å². The van der Waals surface area contributed by atoms with Gasteiger partial charge in [0.1, 0.15) is 5.82 Å². The summed E-state index contributed by atoms with van der Waals surface area (Å²) in [6, 6.07) is 3.43. The van der Waals surface area contributed by atoms with Crippen LogP contribution >= 0.6 is 11.6 Å². The lowest BCUT2D eigenvalue weighted by Crippen LogP contribution is -2.39. The first-order valence-electron chi connectivity index (χ1n) is 5.59. The third-order valence-corrected chi connectivity index (χ3v) is 3.93. The van der Waals surface area contributed by atoms with Gasteiger partial charge in [-0.3, -0.25) is 0 Å². The van der Waals surface area contributed by atoms with Crippen LogP contribution < -0.4 is 5.32 Å². The van der Waals surface area contributed by atoms with Crippen LogP contribution in [-0.2, 0) is 0 Å². The van der Waals surface area contributed by atoms with Crippen molar-refractivity contribution in [2.75, 3.05) is 25.5 Å². The molecule has 2 aliphatic rings. The van der Waals surface area contributed by atoms with Crippen molar-refractivity contribution in [3.05, 3.63) is 28.5 Å². The summed E-state index contributed by atoms with van der Waals surface area (Å²) in [6.45, 7) is 2.06. The number of nitrogens with zero attached hydrogens (tertiary/aromatic N) is 1. The van der Waals surface area contributed by atoms with Gasteiger partial charge in [0.15, 0.2) is 0 Å². The molecule has 0 radical (unpaired) electrons. The minimum absolute atomic E-state index is 0.237. The second-order valence-corrected chi connectivity index (χ2v) is 5.17. The van der Waals surface area contributed by atoms with Gasteiger partial charge >= 0.3 is 0 Å². The summed E-state index contributed by atoms with van der Waals surface area (Å²) in [4.78, 5) is 2.29. The Balaban J connectivity index is 2.04. The quantitative estimate of drug-likeness (QED) is 0.750. The number of halogens is 2. The highest BCUT2D eigenvalue weighted by Gasteiger charge is 2.37. The smallest absolute Gasteiger partial charge is 0.125 e. The maximum absolute atomic E-state index is 13.4. The number of hydrogen-bond donors (Lipinski definition) is 1. The maximum Gasteiger partial charge on any atom is 0.125 e. The third-order valence-electron chi connectivity index (χ3n) is 3.63. The molecule has 0 spiro atoms. The zero-order valence-corrected chi connectivity index (χ0v) is 9.89. The predicted octanol–water partition coefficient (Wildman–Crippen LogP) is 2.69. The number of hydrogen-bond acceptors (Lipinski definition) is 2. The van der Waals surface area contributed by atoms with E-state index in [1.54, 1.807) is 6.07 Å². The van der Waals surface area contributed by atoms with Crippen molar-refractivity contribution in [2.24, 2.45) is 0 Å². The summed E-state index contributed by atoms with van der Waals surface area (Å²) in [5.41, 5.74) is 1.98. The molecule has 1 aromatic carbocycles. The van der Waals surface area contributed by atoms with Crippen molar-refractivity contribution < 1.29 is 4.39 Å². The molecule has 1 aromatic rings. The van der Waals surface area contributed by atoms with Crippen molar-refractivity contribution in [1.29, 1.82) is 0 Å². The zero-order chi connectivity index (χ0) is 11.3. The molecule has 0 amide bonds. The van der Waals surface area contributed by atoms with Gasteiger partial charge in [0.25, 0.3) is 0 Å². The molecule has 16 heavy (non-hydrogen) atoms. The lowest BCUT2D eigenvalue weighted by atomic mass is 9.90. The molecule has 1 N–H and O–H groups in total. The van der Waals surface area contributed by atoms with Crippen molar-refractivity contribution in [2.45, 2.75) is 18.4 Å². The van der Waals surface area contributed by atoms with Crippen LogP contribution in [0.3, 0.4) is 0 Å². The zero-order valence-electron chi connectivity index (χ0n) is 9.13. The van der Waals surface area contributed by atoms with E-state index in [9.17, 15) is 4.39 Å². The summed E-state index contributed by atoms with van der Waals surface area (Å²) in [6.07, 6.45) is 1.09. The molecule has 4 heteroatoms. The van der Waals surface area contributed by atoms with Gasteiger partial charge in [-0.1, -0.05) is 11.6 Å². The maximum atomic E-state index is 13.4. The fourth-order valence-electron chi connectivity index (χ4n) is 2.83. The highest BCUT2D eigenvalue weighted by Crippen LogP contribution is 2.43. The number of benzene rings is 1. The molecule has 0 aliphatic carbocycles. The normalized spacial score (nSPS) is 28.4. The molecule has 1 fully saturated rings. The van der Waals surface area contributed by atoms with Crippen molar-refractivity contribution in [3.8, 4) is 0 Å². The van der Waals surface area contributed by atoms with Gasteiger partial charge in [0.05, 0.1) is 10.7 Å². The molecule has 0 aromatic heterocycles. The van der Waals surface area contributed by atoms with Crippen LogP contribution in [0.2, 0.25) is 5.02 Å². The van der Waals surface area contributed by atoms with E-state index in [2.05, 4.69) is 17.3 Å². The molecule has 2 nitrogen and oxygen atoms in total. The van der Waals surface area contributed by atoms with Gasteiger partial charge in [-0.25, -0.2) is 4.39 Å². The lowest BCUT2D eigenvalue weighted by Gasteiger charge is -2.32. The Morgan fingerprint density at radius 3 is 3.12 bits per heavy atom. The van der Waals surface area contributed by atoms with E-state index >= 15 is 0 Å². The molecular weight excluding hydrogens is 227 g/mol. The Bertz CT molecular complexity index is 435. The number of nitrogens with one attached hydrogen (secondary N) is 1. The highest BCUT2D eigenvalue weighted by molar-refractivity contribution is 6.33. The fourth-order valence-corrected chi connectivity index (χ4v) is 3.09. The first kappa shape index (κ1) is 10.4. The highest BCUT2D eigenvalue weighted by atomic mass is 35.5. The van der Waals surface area contributed by atoms with Crippen LogP contribution in [0.25, 0.3) is 0 Å². The average Bonchev–Trinajstić information content (AvgIpc) is 2.57. The topological polar surface area (TPSA) is 15.3 Å². The Kier molecular flexibility index (Phi) is 2.33. The molecule has 0 bridgehead atoms. The molecule has 2 aliphatic heterocycles. The van der Waals surface area contributed by atoms with Gasteiger partial charge in [-0.05, 0) is 37.7 Å². The first-order valence-corrected chi connectivity index (χ1v) is 5.97. The summed E-state index contributed by atoms with van der Waals surface area (Å²) >= 11 is 6.06. The summed E-state index contributed by atoms with van der Waals surface area (Å²) in [5, 5.41) is 3.93. The van der Waals surface area contributed by atoms with E-state index in [4.69, 9.17) is 11.6 Å². The monoisotopic (exact) mass is 240 g/mol. The summed E-state index contributed by atoms with van der Waals surface area (Å²) < 4.78 is 13.4. The van der Waals surface area contributed by atoms with E-state index in [0.717, 1.165) is 30.8 Å². The number of likely N-dealkylation sites (N-methyl/N-ethyl adjacent to an activating group) is 1. The second kappa shape index (κ2) is 3.60. The minimum atomic E-state index is -0.237. The van der Waals surface area contributed by atoms with Crippen LogP contribution in [0.5, 0.6) is 0 Å². The molecule has 2 atom stereocenters. The SMILES string of the molecule is CN1CCC2Nc3c(Cl)cc(F)cc3C2C1. The number of rotatable bonds is 0. The molecule has 2 unspecified atom stereocenters. The molecule has 86 valence electrons. The Morgan fingerprint density at radius 1 is 1.50 bits per heavy atom. The van der Waals surface area contributed by atoms with Crippen LogP contribution in [-0.4, -0.2) is 31.1 Å². The molecular formula is C12H14ClFN2. The second-order valence-electron chi connectivity index (χ2n) is 4.76. The van der Waals surface area contributed by atoms with Crippen molar-refractivity contribution in [1.82, 2.24) is 4.90 Å². The Hall–Kier alpha value is -0.800. The van der Waals surface area contributed by atoms with Gasteiger partial charge in [0.2, 0.25) is 0 Å². The molecule has 2 heterocycles. The van der Waals surface area contributed by atoms with E-state index in [-0.39, 0.29) is 5.82 Å². The standard InChI is InChI=1S/C12H14ClFN2/c1-16-3-2-11-9(6-16)8-4-7(14)5-10(13)12(8)15-11/h4-5,9,11,15H,2-3,6H2,1H3. The van der Waals surface area contributed by atoms with Gasteiger partial charge < -0.3 is 10.2 Å².